The quantitative estimate of drug-likeness (QED) is 0.801. The summed E-state index contributed by atoms with van der Waals surface area (Å²) in [5.74, 6) is 0. The SMILES string of the molecule is Brc1ccc(CN2CCCC2)c(Br)c1. The number of hydrogen-bond donors (Lipinski definition) is 0. The smallest absolute Gasteiger partial charge is 0.0244 e. The minimum Gasteiger partial charge on any atom is -0.299 e. The molecule has 1 aliphatic rings. The van der Waals surface area contributed by atoms with Crippen molar-refractivity contribution in [3.05, 3.63) is 32.7 Å². The van der Waals surface area contributed by atoms with Crippen LogP contribution in [-0.4, -0.2) is 18.0 Å². The molecule has 76 valence electrons. The summed E-state index contributed by atoms with van der Waals surface area (Å²) in [5.41, 5.74) is 1.38. The van der Waals surface area contributed by atoms with E-state index in [4.69, 9.17) is 0 Å². The molecule has 0 bridgehead atoms. The van der Waals surface area contributed by atoms with E-state index in [1.165, 1.54) is 36.0 Å². The van der Waals surface area contributed by atoms with Crippen molar-refractivity contribution in [2.24, 2.45) is 0 Å². The van der Waals surface area contributed by atoms with Gasteiger partial charge in [0.2, 0.25) is 0 Å². The first-order chi connectivity index (χ1) is 6.75. The zero-order valence-electron chi connectivity index (χ0n) is 7.97. The molecule has 0 radical (unpaired) electrons. The van der Waals surface area contributed by atoms with Crippen molar-refractivity contribution in [2.75, 3.05) is 13.1 Å². The molecule has 0 spiro atoms. The van der Waals surface area contributed by atoms with E-state index < -0.39 is 0 Å². The monoisotopic (exact) mass is 317 g/mol. The van der Waals surface area contributed by atoms with Gasteiger partial charge in [-0.05, 0) is 43.6 Å². The van der Waals surface area contributed by atoms with Crippen LogP contribution in [0.1, 0.15) is 18.4 Å². The average Bonchev–Trinajstić information content (AvgIpc) is 2.62. The molecule has 0 unspecified atom stereocenters. The molecule has 0 aliphatic carbocycles. The van der Waals surface area contributed by atoms with Crippen LogP contribution in [0.25, 0.3) is 0 Å². The van der Waals surface area contributed by atoms with E-state index in [0.29, 0.717) is 0 Å². The van der Waals surface area contributed by atoms with E-state index in [1.807, 2.05) is 0 Å². The third-order valence-corrected chi connectivity index (χ3v) is 3.84. The van der Waals surface area contributed by atoms with Crippen LogP contribution >= 0.6 is 31.9 Å². The van der Waals surface area contributed by atoms with Crippen molar-refractivity contribution in [3.8, 4) is 0 Å². The van der Waals surface area contributed by atoms with Crippen molar-refractivity contribution in [1.29, 1.82) is 0 Å². The van der Waals surface area contributed by atoms with E-state index in [1.54, 1.807) is 0 Å². The van der Waals surface area contributed by atoms with Crippen molar-refractivity contribution < 1.29 is 0 Å². The summed E-state index contributed by atoms with van der Waals surface area (Å²) in [6.45, 7) is 3.58. The molecule has 1 fully saturated rings. The maximum Gasteiger partial charge on any atom is 0.0244 e. The first kappa shape index (κ1) is 10.7. The molecule has 1 aliphatic heterocycles. The van der Waals surface area contributed by atoms with Crippen molar-refractivity contribution >= 4 is 31.9 Å². The van der Waals surface area contributed by atoms with Gasteiger partial charge in [-0.25, -0.2) is 0 Å². The molecule has 0 atom stereocenters. The van der Waals surface area contributed by atoms with Gasteiger partial charge in [-0.1, -0.05) is 37.9 Å². The number of nitrogens with zero attached hydrogens (tertiary/aromatic N) is 1. The lowest BCUT2D eigenvalue weighted by Crippen LogP contribution is -2.18. The van der Waals surface area contributed by atoms with Gasteiger partial charge in [0.15, 0.2) is 0 Å². The lowest BCUT2D eigenvalue weighted by Gasteiger charge is -2.15. The third kappa shape index (κ3) is 2.59. The highest BCUT2D eigenvalue weighted by atomic mass is 79.9. The van der Waals surface area contributed by atoms with Gasteiger partial charge in [-0.2, -0.15) is 0 Å². The first-order valence-corrected chi connectivity index (χ1v) is 6.50. The Balaban J connectivity index is 2.08. The number of halogens is 2. The number of benzene rings is 1. The summed E-state index contributed by atoms with van der Waals surface area (Å²) in [5, 5.41) is 0. The van der Waals surface area contributed by atoms with Crippen LogP contribution in [0, 0.1) is 0 Å². The molecule has 0 amide bonds. The molecular weight excluding hydrogens is 306 g/mol. The van der Waals surface area contributed by atoms with Crippen LogP contribution in [0.4, 0.5) is 0 Å². The van der Waals surface area contributed by atoms with Gasteiger partial charge in [0.05, 0.1) is 0 Å². The van der Waals surface area contributed by atoms with Gasteiger partial charge in [-0.15, -0.1) is 0 Å². The van der Waals surface area contributed by atoms with Gasteiger partial charge in [0.25, 0.3) is 0 Å². The fraction of sp³-hybridized carbons (Fsp3) is 0.455. The van der Waals surface area contributed by atoms with Gasteiger partial charge >= 0.3 is 0 Å². The second-order valence-electron chi connectivity index (χ2n) is 3.72. The van der Waals surface area contributed by atoms with Crippen LogP contribution in [0.15, 0.2) is 27.1 Å². The Bertz CT molecular complexity index is 319. The second kappa shape index (κ2) is 4.77. The largest absolute Gasteiger partial charge is 0.299 e. The molecule has 1 aromatic carbocycles. The molecular formula is C11H13Br2N. The Morgan fingerprint density at radius 2 is 1.86 bits per heavy atom. The van der Waals surface area contributed by atoms with Crippen LogP contribution in [0.2, 0.25) is 0 Å². The van der Waals surface area contributed by atoms with Crippen LogP contribution in [-0.2, 0) is 6.54 Å². The lowest BCUT2D eigenvalue weighted by atomic mass is 10.2. The molecule has 1 heterocycles. The summed E-state index contributed by atoms with van der Waals surface area (Å²) in [4.78, 5) is 2.51. The summed E-state index contributed by atoms with van der Waals surface area (Å²) >= 11 is 7.06. The van der Waals surface area contributed by atoms with Crippen LogP contribution in [0.3, 0.4) is 0 Å². The Kier molecular flexibility index (Phi) is 3.63. The maximum absolute atomic E-state index is 3.60. The van der Waals surface area contributed by atoms with Crippen molar-refractivity contribution in [1.82, 2.24) is 4.90 Å². The fourth-order valence-electron chi connectivity index (χ4n) is 1.83. The normalized spacial score (nSPS) is 17.6. The Hall–Kier alpha value is 0.140. The molecule has 14 heavy (non-hydrogen) atoms. The van der Waals surface area contributed by atoms with Gasteiger partial charge in [0.1, 0.15) is 0 Å². The number of hydrogen-bond acceptors (Lipinski definition) is 1. The second-order valence-corrected chi connectivity index (χ2v) is 5.49. The molecule has 1 aromatic rings. The van der Waals surface area contributed by atoms with Gasteiger partial charge in [0, 0.05) is 15.5 Å². The molecule has 3 heteroatoms. The highest BCUT2D eigenvalue weighted by Crippen LogP contribution is 2.24. The Morgan fingerprint density at radius 1 is 1.14 bits per heavy atom. The molecule has 0 aromatic heterocycles. The Morgan fingerprint density at radius 3 is 2.50 bits per heavy atom. The highest BCUT2D eigenvalue weighted by molar-refractivity contribution is 9.11. The average molecular weight is 319 g/mol. The highest BCUT2D eigenvalue weighted by Gasteiger charge is 2.12. The first-order valence-electron chi connectivity index (χ1n) is 4.92. The fourth-order valence-corrected chi connectivity index (χ4v) is 3.00. The predicted octanol–water partition coefficient (Wildman–Crippen LogP) is 3.81. The third-order valence-electron chi connectivity index (χ3n) is 2.61. The van der Waals surface area contributed by atoms with E-state index in [9.17, 15) is 0 Å². The van der Waals surface area contributed by atoms with Crippen molar-refractivity contribution in [3.63, 3.8) is 0 Å². The lowest BCUT2D eigenvalue weighted by molar-refractivity contribution is 0.331. The predicted molar refractivity (Wildman–Crippen MR) is 66.4 cm³/mol. The summed E-state index contributed by atoms with van der Waals surface area (Å²) in [7, 11) is 0. The van der Waals surface area contributed by atoms with E-state index in [-0.39, 0.29) is 0 Å². The molecule has 2 rings (SSSR count). The van der Waals surface area contributed by atoms with E-state index in [0.717, 1.165) is 11.0 Å². The van der Waals surface area contributed by atoms with E-state index >= 15 is 0 Å². The number of rotatable bonds is 2. The van der Waals surface area contributed by atoms with Gasteiger partial charge < -0.3 is 0 Å². The Labute approximate surface area is 102 Å². The minimum atomic E-state index is 1.08. The molecule has 0 saturated carbocycles. The maximum atomic E-state index is 3.60. The minimum absolute atomic E-state index is 1.08. The summed E-state index contributed by atoms with van der Waals surface area (Å²) < 4.78 is 2.34. The summed E-state index contributed by atoms with van der Waals surface area (Å²) in [6, 6.07) is 6.41. The molecule has 1 saturated heterocycles. The summed E-state index contributed by atoms with van der Waals surface area (Å²) in [6.07, 6.45) is 2.71. The van der Waals surface area contributed by atoms with Crippen molar-refractivity contribution in [2.45, 2.75) is 19.4 Å². The van der Waals surface area contributed by atoms with Crippen LogP contribution < -0.4 is 0 Å². The zero-order valence-corrected chi connectivity index (χ0v) is 11.1. The zero-order chi connectivity index (χ0) is 9.97. The standard InChI is InChI=1S/C11H13Br2N/c12-10-4-3-9(11(13)7-10)8-14-5-1-2-6-14/h3-4,7H,1-2,5-6,8H2. The van der Waals surface area contributed by atoms with Crippen LogP contribution in [0.5, 0.6) is 0 Å². The topological polar surface area (TPSA) is 3.24 Å². The molecule has 0 N–H and O–H groups in total. The van der Waals surface area contributed by atoms with E-state index in [2.05, 4.69) is 55.0 Å². The van der Waals surface area contributed by atoms with Gasteiger partial charge in [-0.3, -0.25) is 4.90 Å². The number of likely N-dealkylation sites (tertiary alicyclic amines) is 1. The molecule has 1 nitrogen and oxygen atoms in total.